The summed E-state index contributed by atoms with van der Waals surface area (Å²) in [5.41, 5.74) is 1.03. The maximum atomic E-state index is 5.32. The summed E-state index contributed by atoms with van der Waals surface area (Å²) in [6.07, 6.45) is 2.95. The van der Waals surface area contributed by atoms with Crippen molar-refractivity contribution in [2.45, 2.75) is 17.9 Å². The van der Waals surface area contributed by atoms with Crippen LogP contribution in [-0.2, 0) is 6.54 Å². The lowest BCUT2D eigenvalue weighted by Gasteiger charge is -2.22. The van der Waals surface area contributed by atoms with Crippen molar-refractivity contribution in [2.24, 2.45) is 10.9 Å². The number of aromatic nitrogens is 1. The van der Waals surface area contributed by atoms with Crippen molar-refractivity contribution >= 4 is 17.7 Å². The third-order valence-electron chi connectivity index (χ3n) is 4.51. The van der Waals surface area contributed by atoms with E-state index >= 15 is 0 Å². The van der Waals surface area contributed by atoms with Crippen LogP contribution >= 0.6 is 11.8 Å². The lowest BCUT2D eigenvalue weighted by Crippen LogP contribution is -2.39. The number of benzene rings is 1. The molecule has 0 radical (unpaired) electrons. The van der Waals surface area contributed by atoms with Crippen molar-refractivity contribution in [3.63, 3.8) is 0 Å². The number of nitrogens with zero attached hydrogens (tertiary/aromatic N) is 3. The zero-order valence-electron chi connectivity index (χ0n) is 15.4. The van der Waals surface area contributed by atoms with E-state index in [2.05, 4.69) is 50.5 Å². The van der Waals surface area contributed by atoms with E-state index in [0.29, 0.717) is 18.3 Å². The summed E-state index contributed by atoms with van der Waals surface area (Å²) in [5, 5.41) is 3.45. The van der Waals surface area contributed by atoms with Gasteiger partial charge in [0.1, 0.15) is 0 Å². The molecule has 0 saturated carbocycles. The maximum absolute atomic E-state index is 5.32. The van der Waals surface area contributed by atoms with Gasteiger partial charge >= 0.3 is 0 Å². The van der Waals surface area contributed by atoms with Gasteiger partial charge < -0.3 is 15.0 Å². The van der Waals surface area contributed by atoms with Gasteiger partial charge in [0.05, 0.1) is 7.11 Å². The molecular formula is C20H26N4OS. The Morgan fingerprint density at radius 2 is 2.15 bits per heavy atom. The Labute approximate surface area is 159 Å². The first-order valence-corrected chi connectivity index (χ1v) is 9.90. The number of aliphatic imine (C=N–C) groups is 1. The van der Waals surface area contributed by atoms with Gasteiger partial charge in [-0.25, -0.2) is 4.98 Å². The SMILES string of the molecule is CN=C(NCc1cccnc1OC)N1CCC(CSc2ccccc2)C1. The van der Waals surface area contributed by atoms with Crippen LogP contribution in [0.1, 0.15) is 12.0 Å². The average molecular weight is 371 g/mol. The van der Waals surface area contributed by atoms with Gasteiger partial charge in [-0.3, -0.25) is 4.99 Å². The van der Waals surface area contributed by atoms with E-state index < -0.39 is 0 Å². The largest absolute Gasteiger partial charge is 0.481 e. The van der Waals surface area contributed by atoms with Crippen LogP contribution in [0.5, 0.6) is 5.88 Å². The number of thioether (sulfide) groups is 1. The lowest BCUT2D eigenvalue weighted by molar-refractivity contribution is 0.391. The first-order chi connectivity index (χ1) is 12.8. The highest BCUT2D eigenvalue weighted by atomic mass is 32.2. The fraction of sp³-hybridized carbons (Fsp3) is 0.400. The molecule has 1 saturated heterocycles. The molecule has 1 aliphatic heterocycles. The van der Waals surface area contributed by atoms with Gasteiger partial charge in [-0.15, -0.1) is 11.8 Å². The predicted molar refractivity (Wildman–Crippen MR) is 108 cm³/mol. The molecule has 6 heteroatoms. The number of nitrogens with one attached hydrogen (secondary N) is 1. The minimum atomic E-state index is 0.656. The van der Waals surface area contributed by atoms with Crippen LogP contribution in [0.25, 0.3) is 0 Å². The number of rotatable bonds is 6. The van der Waals surface area contributed by atoms with E-state index in [1.54, 1.807) is 13.3 Å². The van der Waals surface area contributed by atoms with E-state index in [1.165, 1.54) is 11.3 Å². The van der Waals surface area contributed by atoms with Crippen molar-refractivity contribution in [3.05, 3.63) is 54.2 Å². The number of likely N-dealkylation sites (tertiary alicyclic amines) is 1. The monoisotopic (exact) mass is 370 g/mol. The second-order valence-corrected chi connectivity index (χ2v) is 7.39. The molecule has 1 aliphatic rings. The van der Waals surface area contributed by atoms with Crippen LogP contribution in [0.3, 0.4) is 0 Å². The molecule has 0 spiro atoms. The van der Waals surface area contributed by atoms with Crippen LogP contribution in [-0.4, -0.2) is 48.8 Å². The summed E-state index contributed by atoms with van der Waals surface area (Å²) in [6, 6.07) is 14.6. The Kier molecular flexibility index (Phi) is 6.77. The molecule has 26 heavy (non-hydrogen) atoms. The second kappa shape index (κ2) is 9.48. The molecule has 2 aromatic rings. The van der Waals surface area contributed by atoms with Crippen molar-refractivity contribution in [1.82, 2.24) is 15.2 Å². The predicted octanol–water partition coefficient (Wildman–Crippen LogP) is 3.28. The number of guanidine groups is 1. The molecular weight excluding hydrogens is 344 g/mol. The zero-order valence-corrected chi connectivity index (χ0v) is 16.2. The molecule has 1 aromatic heterocycles. The van der Waals surface area contributed by atoms with Gasteiger partial charge in [-0.05, 0) is 30.5 Å². The minimum Gasteiger partial charge on any atom is -0.481 e. The van der Waals surface area contributed by atoms with Gasteiger partial charge in [-0.1, -0.05) is 24.3 Å². The summed E-state index contributed by atoms with van der Waals surface area (Å²) in [5.74, 6) is 3.44. The molecule has 1 atom stereocenters. The van der Waals surface area contributed by atoms with Crippen LogP contribution in [0.4, 0.5) is 0 Å². The number of ether oxygens (including phenoxy) is 1. The molecule has 1 N–H and O–H groups in total. The molecule has 1 fully saturated rings. The Bertz CT molecular complexity index is 723. The highest BCUT2D eigenvalue weighted by Gasteiger charge is 2.25. The van der Waals surface area contributed by atoms with Crippen LogP contribution < -0.4 is 10.1 Å². The van der Waals surface area contributed by atoms with Crippen LogP contribution in [0.15, 0.2) is 58.5 Å². The number of hydrogen-bond donors (Lipinski definition) is 1. The van der Waals surface area contributed by atoms with E-state index in [9.17, 15) is 0 Å². The third kappa shape index (κ3) is 4.91. The second-order valence-electron chi connectivity index (χ2n) is 6.30. The molecule has 0 aliphatic carbocycles. The third-order valence-corrected chi connectivity index (χ3v) is 5.75. The summed E-state index contributed by atoms with van der Waals surface area (Å²) in [4.78, 5) is 12.4. The average Bonchev–Trinajstić information content (AvgIpc) is 3.17. The summed E-state index contributed by atoms with van der Waals surface area (Å²) in [6.45, 7) is 2.75. The molecule has 1 unspecified atom stereocenters. The number of hydrogen-bond acceptors (Lipinski definition) is 4. The zero-order chi connectivity index (χ0) is 18.2. The number of methoxy groups -OCH3 is 1. The summed E-state index contributed by atoms with van der Waals surface area (Å²) >= 11 is 1.94. The Morgan fingerprint density at radius 3 is 2.92 bits per heavy atom. The molecule has 3 rings (SSSR count). The first-order valence-electron chi connectivity index (χ1n) is 8.91. The van der Waals surface area contributed by atoms with Gasteiger partial charge in [0.25, 0.3) is 0 Å². The number of pyridine rings is 1. The normalized spacial score (nSPS) is 17.4. The van der Waals surface area contributed by atoms with Crippen molar-refractivity contribution < 1.29 is 4.74 Å². The van der Waals surface area contributed by atoms with E-state index in [-0.39, 0.29) is 0 Å². The molecule has 0 amide bonds. The van der Waals surface area contributed by atoms with E-state index in [4.69, 9.17) is 4.74 Å². The Hall–Kier alpha value is -2.21. The highest BCUT2D eigenvalue weighted by molar-refractivity contribution is 7.99. The maximum Gasteiger partial charge on any atom is 0.218 e. The van der Waals surface area contributed by atoms with Gasteiger partial charge in [0.15, 0.2) is 5.96 Å². The van der Waals surface area contributed by atoms with E-state index in [0.717, 1.165) is 30.4 Å². The first kappa shape index (κ1) is 18.6. The molecule has 0 bridgehead atoms. The lowest BCUT2D eigenvalue weighted by atomic mass is 10.2. The molecule has 2 heterocycles. The van der Waals surface area contributed by atoms with Gasteiger partial charge in [0.2, 0.25) is 5.88 Å². The standard InChI is InChI=1S/C20H26N4OS/c1-21-20(23-13-17-7-6-11-22-19(17)25-2)24-12-10-16(14-24)15-26-18-8-4-3-5-9-18/h3-9,11,16H,10,12-15H2,1-2H3,(H,21,23). The smallest absolute Gasteiger partial charge is 0.218 e. The quantitative estimate of drug-likeness (QED) is 0.480. The van der Waals surface area contributed by atoms with Gasteiger partial charge in [-0.2, -0.15) is 0 Å². The van der Waals surface area contributed by atoms with Crippen molar-refractivity contribution in [1.29, 1.82) is 0 Å². The Balaban J connectivity index is 1.50. The van der Waals surface area contributed by atoms with Crippen LogP contribution in [0.2, 0.25) is 0 Å². The Morgan fingerprint density at radius 1 is 1.31 bits per heavy atom. The minimum absolute atomic E-state index is 0.656. The molecule has 5 nitrogen and oxygen atoms in total. The van der Waals surface area contributed by atoms with Crippen molar-refractivity contribution in [3.8, 4) is 5.88 Å². The van der Waals surface area contributed by atoms with E-state index in [1.807, 2.05) is 30.9 Å². The van der Waals surface area contributed by atoms with Gasteiger partial charge in [0, 0.05) is 49.1 Å². The highest BCUT2D eigenvalue weighted by Crippen LogP contribution is 2.26. The van der Waals surface area contributed by atoms with Crippen molar-refractivity contribution in [2.75, 3.05) is 33.0 Å². The molecule has 138 valence electrons. The fourth-order valence-electron chi connectivity index (χ4n) is 3.14. The van der Waals surface area contributed by atoms with Crippen LogP contribution in [0, 0.1) is 5.92 Å². The summed E-state index contributed by atoms with van der Waals surface area (Å²) in [7, 11) is 3.49. The topological polar surface area (TPSA) is 49.8 Å². The summed E-state index contributed by atoms with van der Waals surface area (Å²) < 4.78 is 5.32. The fourth-order valence-corrected chi connectivity index (χ4v) is 4.19. The molecule has 1 aromatic carbocycles.